The van der Waals surface area contributed by atoms with Crippen molar-refractivity contribution in [2.75, 3.05) is 24.6 Å². The van der Waals surface area contributed by atoms with Gasteiger partial charge in [-0.3, -0.25) is 24.1 Å². The third-order valence-electron chi connectivity index (χ3n) is 3.77. The summed E-state index contributed by atoms with van der Waals surface area (Å²) in [7, 11) is 0. The van der Waals surface area contributed by atoms with Gasteiger partial charge in [0.2, 0.25) is 17.7 Å². The molecule has 0 spiro atoms. The lowest BCUT2D eigenvalue weighted by Gasteiger charge is -2.14. The Hall–Kier alpha value is -3.23. The van der Waals surface area contributed by atoms with Crippen molar-refractivity contribution in [3.8, 4) is 0 Å². The second-order valence-corrected chi connectivity index (χ2v) is 5.87. The van der Waals surface area contributed by atoms with Gasteiger partial charge in [0.1, 0.15) is 0 Å². The summed E-state index contributed by atoms with van der Waals surface area (Å²) in [6.07, 6.45) is 1.14. The van der Waals surface area contributed by atoms with E-state index in [0.717, 1.165) is 11.3 Å². The van der Waals surface area contributed by atoms with Crippen LogP contribution in [0, 0.1) is 0 Å². The summed E-state index contributed by atoms with van der Waals surface area (Å²) >= 11 is 0. The fourth-order valence-corrected chi connectivity index (χ4v) is 2.38. The number of rotatable bonds is 8. The summed E-state index contributed by atoms with van der Waals surface area (Å²) < 4.78 is 4.88. The molecule has 1 saturated heterocycles. The quantitative estimate of drug-likeness (QED) is 0.492. The van der Waals surface area contributed by atoms with Crippen LogP contribution in [0.4, 0.5) is 5.69 Å². The number of amides is 4. The number of anilines is 1. The number of esters is 1. The molecular formula is C18H21N3O6. The van der Waals surface area contributed by atoms with Crippen LogP contribution in [0.15, 0.2) is 24.3 Å². The first-order valence-corrected chi connectivity index (χ1v) is 8.58. The number of imide groups is 1. The molecule has 0 unspecified atom stereocenters. The van der Waals surface area contributed by atoms with Gasteiger partial charge in [0.25, 0.3) is 5.91 Å². The maximum atomic E-state index is 12.0. The lowest BCUT2D eigenvalue weighted by Crippen LogP contribution is -2.38. The van der Waals surface area contributed by atoms with Crippen molar-refractivity contribution in [2.24, 2.45) is 0 Å². The van der Waals surface area contributed by atoms with Crippen LogP contribution in [0.3, 0.4) is 0 Å². The Morgan fingerprint density at radius 1 is 1.00 bits per heavy atom. The van der Waals surface area contributed by atoms with E-state index in [1.54, 1.807) is 0 Å². The minimum absolute atomic E-state index is 0.173. The van der Waals surface area contributed by atoms with Gasteiger partial charge >= 0.3 is 5.97 Å². The Balaban J connectivity index is 1.80. The zero-order valence-electron chi connectivity index (χ0n) is 14.9. The van der Waals surface area contributed by atoms with Crippen LogP contribution in [-0.4, -0.2) is 49.3 Å². The fraction of sp³-hybridized carbons (Fsp3) is 0.389. The monoisotopic (exact) mass is 375 g/mol. The molecule has 1 aromatic carbocycles. The van der Waals surface area contributed by atoms with Gasteiger partial charge in [0.05, 0.1) is 17.8 Å². The van der Waals surface area contributed by atoms with E-state index < -0.39 is 18.5 Å². The highest BCUT2D eigenvalue weighted by atomic mass is 16.5. The molecule has 0 saturated carbocycles. The van der Waals surface area contributed by atoms with Crippen LogP contribution in [0.2, 0.25) is 0 Å². The summed E-state index contributed by atoms with van der Waals surface area (Å²) in [6.45, 7) is 1.72. The molecule has 144 valence electrons. The van der Waals surface area contributed by atoms with Crippen LogP contribution in [0.25, 0.3) is 0 Å². The first-order chi connectivity index (χ1) is 12.9. The number of nitrogens with one attached hydrogen (secondary N) is 2. The van der Waals surface area contributed by atoms with Gasteiger partial charge in [-0.2, -0.15) is 0 Å². The minimum atomic E-state index is -0.730. The molecule has 1 heterocycles. The predicted molar refractivity (Wildman–Crippen MR) is 94.8 cm³/mol. The number of benzene rings is 1. The van der Waals surface area contributed by atoms with Crippen molar-refractivity contribution in [1.29, 1.82) is 0 Å². The number of hydrogen-bond donors (Lipinski definition) is 2. The van der Waals surface area contributed by atoms with Crippen LogP contribution < -0.4 is 15.5 Å². The number of carbonyl (C=O) groups is 5. The lowest BCUT2D eigenvalue weighted by atomic mass is 10.2. The van der Waals surface area contributed by atoms with Crippen molar-refractivity contribution >= 4 is 35.3 Å². The van der Waals surface area contributed by atoms with E-state index in [1.807, 2.05) is 6.92 Å². The molecule has 1 fully saturated rings. The lowest BCUT2D eigenvalue weighted by molar-refractivity contribution is -0.127. The van der Waals surface area contributed by atoms with E-state index in [0.29, 0.717) is 12.2 Å². The number of hydrogen-bond acceptors (Lipinski definition) is 6. The zero-order chi connectivity index (χ0) is 19.8. The van der Waals surface area contributed by atoms with Crippen molar-refractivity contribution in [2.45, 2.75) is 26.2 Å². The van der Waals surface area contributed by atoms with Gasteiger partial charge in [-0.25, -0.2) is 4.79 Å². The zero-order valence-corrected chi connectivity index (χ0v) is 14.9. The van der Waals surface area contributed by atoms with Crippen molar-refractivity contribution in [3.63, 3.8) is 0 Å². The minimum Gasteiger partial charge on any atom is -0.452 e. The molecule has 27 heavy (non-hydrogen) atoms. The van der Waals surface area contributed by atoms with E-state index in [9.17, 15) is 24.0 Å². The van der Waals surface area contributed by atoms with E-state index >= 15 is 0 Å². The van der Waals surface area contributed by atoms with Crippen LogP contribution in [0.5, 0.6) is 0 Å². The molecule has 0 bridgehead atoms. The van der Waals surface area contributed by atoms with Crippen LogP contribution in [-0.2, 0) is 23.9 Å². The predicted octanol–water partition coefficient (Wildman–Crippen LogP) is 0.139. The molecule has 0 atom stereocenters. The maximum Gasteiger partial charge on any atom is 0.338 e. The summed E-state index contributed by atoms with van der Waals surface area (Å²) in [5.74, 6) is -2.21. The number of carbonyl (C=O) groups excluding carboxylic acids is 5. The maximum absolute atomic E-state index is 12.0. The molecule has 2 N–H and O–H groups in total. The molecule has 0 aliphatic carbocycles. The van der Waals surface area contributed by atoms with E-state index in [-0.39, 0.29) is 42.7 Å². The molecule has 9 nitrogen and oxygen atoms in total. The van der Waals surface area contributed by atoms with E-state index in [2.05, 4.69) is 10.6 Å². The normalized spacial score (nSPS) is 13.4. The molecule has 1 aliphatic heterocycles. The third-order valence-corrected chi connectivity index (χ3v) is 3.77. The van der Waals surface area contributed by atoms with E-state index in [1.165, 1.54) is 24.3 Å². The van der Waals surface area contributed by atoms with Gasteiger partial charge in [0.15, 0.2) is 6.61 Å². The molecule has 4 amide bonds. The summed E-state index contributed by atoms with van der Waals surface area (Å²) in [4.78, 5) is 59.4. The van der Waals surface area contributed by atoms with Crippen LogP contribution >= 0.6 is 0 Å². The Morgan fingerprint density at radius 3 is 2.22 bits per heavy atom. The van der Waals surface area contributed by atoms with Gasteiger partial charge < -0.3 is 15.4 Å². The first-order valence-electron chi connectivity index (χ1n) is 8.58. The second-order valence-electron chi connectivity index (χ2n) is 5.87. The molecule has 9 heteroatoms. The number of ether oxygens (including phenoxy) is 1. The standard InChI is InChI=1S/C18H21N3O6/c1-2-9-19-14(22)10-20-15(23)11-27-18(26)12-3-5-13(6-4-12)21-16(24)7-8-17(21)25/h3-6H,2,7-11H2,1H3,(H,19,22)(H,20,23). The van der Waals surface area contributed by atoms with Gasteiger partial charge in [-0.15, -0.1) is 0 Å². The van der Waals surface area contributed by atoms with Crippen molar-refractivity contribution in [1.82, 2.24) is 10.6 Å². The van der Waals surface area contributed by atoms with Crippen molar-refractivity contribution in [3.05, 3.63) is 29.8 Å². The SMILES string of the molecule is CCCNC(=O)CNC(=O)COC(=O)c1ccc(N2C(=O)CCC2=O)cc1. The van der Waals surface area contributed by atoms with Gasteiger partial charge in [-0.1, -0.05) is 6.92 Å². The molecule has 1 aromatic rings. The average molecular weight is 375 g/mol. The summed E-state index contributed by atoms with van der Waals surface area (Å²) in [5, 5.41) is 4.94. The van der Waals surface area contributed by atoms with Crippen molar-refractivity contribution < 1.29 is 28.7 Å². The second kappa shape index (κ2) is 9.46. The third kappa shape index (κ3) is 5.63. The number of nitrogens with zero attached hydrogens (tertiary/aromatic N) is 1. The summed E-state index contributed by atoms with van der Waals surface area (Å²) in [5.41, 5.74) is 0.557. The van der Waals surface area contributed by atoms with Gasteiger partial charge in [-0.05, 0) is 30.7 Å². The highest BCUT2D eigenvalue weighted by molar-refractivity contribution is 6.19. The molecule has 0 aromatic heterocycles. The van der Waals surface area contributed by atoms with Crippen LogP contribution in [0.1, 0.15) is 36.5 Å². The average Bonchev–Trinajstić information content (AvgIpc) is 3.01. The topological polar surface area (TPSA) is 122 Å². The Morgan fingerprint density at radius 2 is 1.63 bits per heavy atom. The Labute approximate surface area is 156 Å². The first kappa shape index (κ1) is 20.1. The highest BCUT2D eigenvalue weighted by Gasteiger charge is 2.30. The molecular weight excluding hydrogens is 354 g/mol. The largest absolute Gasteiger partial charge is 0.452 e. The summed E-state index contributed by atoms with van der Waals surface area (Å²) in [6, 6.07) is 5.75. The Bertz CT molecular complexity index is 728. The molecule has 2 rings (SSSR count). The van der Waals surface area contributed by atoms with Gasteiger partial charge in [0, 0.05) is 19.4 Å². The molecule has 1 aliphatic rings. The Kier molecular flexibility index (Phi) is 7.04. The molecule has 0 radical (unpaired) electrons. The highest BCUT2D eigenvalue weighted by Crippen LogP contribution is 2.22. The fourth-order valence-electron chi connectivity index (χ4n) is 2.38. The smallest absolute Gasteiger partial charge is 0.338 e. The van der Waals surface area contributed by atoms with E-state index in [4.69, 9.17) is 4.74 Å².